The summed E-state index contributed by atoms with van der Waals surface area (Å²) in [6, 6.07) is 6.94. The first-order valence-electron chi connectivity index (χ1n) is 4.84. The van der Waals surface area contributed by atoms with Crippen LogP contribution in [0, 0.1) is 0 Å². The molecule has 1 aromatic rings. The highest BCUT2D eigenvalue weighted by Crippen LogP contribution is 2.10. The van der Waals surface area contributed by atoms with Crippen molar-refractivity contribution >= 4 is 21.8 Å². The quantitative estimate of drug-likeness (QED) is 0.880. The molecule has 1 amide bonds. The van der Waals surface area contributed by atoms with E-state index in [1.54, 1.807) is 12.1 Å². The molecule has 0 bridgehead atoms. The number of aliphatic hydroxyl groups excluding tert-OH is 1. The Morgan fingerprint density at radius 2 is 2.07 bits per heavy atom. The van der Waals surface area contributed by atoms with Gasteiger partial charge in [-0.1, -0.05) is 22.9 Å². The molecule has 82 valence electrons. The van der Waals surface area contributed by atoms with Gasteiger partial charge >= 0.3 is 0 Å². The largest absolute Gasteiger partial charge is 0.394 e. The van der Waals surface area contributed by atoms with E-state index in [-0.39, 0.29) is 18.6 Å². The topological polar surface area (TPSA) is 49.3 Å². The van der Waals surface area contributed by atoms with Crippen LogP contribution in [0.3, 0.4) is 0 Å². The maximum absolute atomic E-state index is 11.6. The van der Waals surface area contributed by atoms with Crippen LogP contribution >= 0.6 is 15.9 Å². The Labute approximate surface area is 97.6 Å². The Morgan fingerprint density at radius 1 is 1.47 bits per heavy atom. The number of benzene rings is 1. The molecule has 15 heavy (non-hydrogen) atoms. The summed E-state index contributed by atoms with van der Waals surface area (Å²) in [6.07, 6.45) is 0.721. The molecule has 0 radical (unpaired) electrons. The third-order valence-electron chi connectivity index (χ3n) is 2.15. The van der Waals surface area contributed by atoms with E-state index in [9.17, 15) is 4.79 Å². The van der Waals surface area contributed by atoms with E-state index < -0.39 is 0 Å². The van der Waals surface area contributed by atoms with E-state index in [0.29, 0.717) is 5.56 Å². The number of carbonyl (C=O) groups excluding carboxylic acids is 1. The van der Waals surface area contributed by atoms with Gasteiger partial charge in [0.2, 0.25) is 0 Å². The third-order valence-corrected chi connectivity index (χ3v) is 2.68. The van der Waals surface area contributed by atoms with Gasteiger partial charge in [-0.25, -0.2) is 0 Å². The van der Waals surface area contributed by atoms with Crippen LogP contribution in [0.1, 0.15) is 23.7 Å². The van der Waals surface area contributed by atoms with E-state index in [0.717, 1.165) is 10.9 Å². The molecular formula is C11H14BrNO2. The van der Waals surface area contributed by atoms with Crippen LogP contribution in [0.15, 0.2) is 28.7 Å². The standard InChI is InChI=1S/C11H14BrNO2/c1-2-10(7-14)13-11(15)8-3-5-9(12)6-4-8/h3-6,10,14H,2,7H2,1H3,(H,13,15)/t10-/m1/s1. The molecule has 1 aromatic carbocycles. The second-order valence-electron chi connectivity index (χ2n) is 3.27. The number of carbonyl (C=O) groups is 1. The average molecular weight is 272 g/mol. The highest BCUT2D eigenvalue weighted by molar-refractivity contribution is 9.10. The number of halogens is 1. The van der Waals surface area contributed by atoms with Crippen molar-refractivity contribution in [3.63, 3.8) is 0 Å². The van der Waals surface area contributed by atoms with Crippen LogP contribution in [0.2, 0.25) is 0 Å². The Kier molecular flexibility index (Phi) is 4.78. The minimum Gasteiger partial charge on any atom is -0.394 e. The smallest absolute Gasteiger partial charge is 0.251 e. The van der Waals surface area contributed by atoms with Crippen LogP contribution in [0.5, 0.6) is 0 Å². The van der Waals surface area contributed by atoms with Crippen molar-refractivity contribution in [3.05, 3.63) is 34.3 Å². The van der Waals surface area contributed by atoms with Crippen molar-refractivity contribution in [2.45, 2.75) is 19.4 Å². The Bertz CT molecular complexity index is 320. The van der Waals surface area contributed by atoms with Gasteiger partial charge in [-0.15, -0.1) is 0 Å². The summed E-state index contributed by atoms with van der Waals surface area (Å²) >= 11 is 3.30. The number of hydrogen-bond acceptors (Lipinski definition) is 2. The molecule has 0 aliphatic rings. The molecule has 4 heteroatoms. The highest BCUT2D eigenvalue weighted by Gasteiger charge is 2.10. The molecule has 0 aliphatic heterocycles. The molecule has 0 aliphatic carbocycles. The Morgan fingerprint density at radius 3 is 2.53 bits per heavy atom. The second kappa shape index (κ2) is 5.88. The van der Waals surface area contributed by atoms with E-state index in [1.165, 1.54) is 0 Å². The molecule has 0 fully saturated rings. The summed E-state index contributed by atoms with van der Waals surface area (Å²) in [5, 5.41) is 11.7. The second-order valence-corrected chi connectivity index (χ2v) is 4.18. The van der Waals surface area contributed by atoms with Gasteiger partial charge in [-0.2, -0.15) is 0 Å². The monoisotopic (exact) mass is 271 g/mol. The summed E-state index contributed by atoms with van der Waals surface area (Å²) in [5.41, 5.74) is 0.602. The molecule has 0 spiro atoms. The van der Waals surface area contributed by atoms with E-state index in [4.69, 9.17) is 5.11 Å². The fourth-order valence-electron chi connectivity index (χ4n) is 1.15. The predicted octanol–water partition coefficient (Wildman–Crippen LogP) is 1.95. The lowest BCUT2D eigenvalue weighted by atomic mass is 10.2. The van der Waals surface area contributed by atoms with Gasteiger partial charge in [0, 0.05) is 10.0 Å². The molecule has 0 saturated carbocycles. The van der Waals surface area contributed by atoms with Gasteiger partial charge in [0.05, 0.1) is 12.6 Å². The first kappa shape index (κ1) is 12.2. The number of nitrogens with one attached hydrogen (secondary N) is 1. The van der Waals surface area contributed by atoms with Crippen molar-refractivity contribution in [2.24, 2.45) is 0 Å². The lowest BCUT2D eigenvalue weighted by Gasteiger charge is -2.13. The molecule has 0 unspecified atom stereocenters. The predicted molar refractivity (Wildman–Crippen MR) is 62.8 cm³/mol. The summed E-state index contributed by atoms with van der Waals surface area (Å²) in [5.74, 6) is -0.150. The van der Waals surface area contributed by atoms with Crippen molar-refractivity contribution in [3.8, 4) is 0 Å². The average Bonchev–Trinajstić information content (AvgIpc) is 2.26. The number of amides is 1. The zero-order valence-corrected chi connectivity index (χ0v) is 10.1. The molecule has 0 heterocycles. The maximum Gasteiger partial charge on any atom is 0.251 e. The first-order chi connectivity index (χ1) is 7.17. The van der Waals surface area contributed by atoms with Crippen LogP contribution in [-0.4, -0.2) is 23.7 Å². The van der Waals surface area contributed by atoms with Crippen molar-refractivity contribution in [2.75, 3.05) is 6.61 Å². The summed E-state index contributed by atoms with van der Waals surface area (Å²) in [7, 11) is 0. The molecule has 3 nitrogen and oxygen atoms in total. The number of rotatable bonds is 4. The van der Waals surface area contributed by atoms with Crippen LogP contribution in [-0.2, 0) is 0 Å². The molecule has 0 aromatic heterocycles. The molecule has 0 saturated heterocycles. The molecule has 2 N–H and O–H groups in total. The van der Waals surface area contributed by atoms with E-state index in [2.05, 4.69) is 21.2 Å². The van der Waals surface area contributed by atoms with Crippen molar-refractivity contribution in [1.29, 1.82) is 0 Å². The summed E-state index contributed by atoms with van der Waals surface area (Å²) in [6.45, 7) is 1.89. The fraction of sp³-hybridized carbons (Fsp3) is 0.364. The SMILES string of the molecule is CC[C@H](CO)NC(=O)c1ccc(Br)cc1. The van der Waals surface area contributed by atoms with Crippen LogP contribution in [0.4, 0.5) is 0 Å². The zero-order chi connectivity index (χ0) is 11.3. The number of hydrogen-bond donors (Lipinski definition) is 2. The summed E-state index contributed by atoms with van der Waals surface area (Å²) in [4.78, 5) is 11.6. The van der Waals surface area contributed by atoms with Crippen LogP contribution in [0.25, 0.3) is 0 Å². The first-order valence-corrected chi connectivity index (χ1v) is 5.64. The lowest BCUT2D eigenvalue weighted by molar-refractivity contribution is 0.0915. The van der Waals surface area contributed by atoms with E-state index in [1.807, 2.05) is 19.1 Å². The summed E-state index contributed by atoms with van der Waals surface area (Å²) < 4.78 is 0.938. The van der Waals surface area contributed by atoms with Gasteiger partial charge in [-0.05, 0) is 30.7 Å². The van der Waals surface area contributed by atoms with Gasteiger partial charge in [0.15, 0.2) is 0 Å². The third kappa shape index (κ3) is 3.64. The van der Waals surface area contributed by atoms with Gasteiger partial charge in [0.25, 0.3) is 5.91 Å². The molecular weight excluding hydrogens is 258 g/mol. The zero-order valence-electron chi connectivity index (χ0n) is 8.53. The van der Waals surface area contributed by atoms with Gasteiger partial charge in [-0.3, -0.25) is 4.79 Å². The maximum atomic E-state index is 11.6. The van der Waals surface area contributed by atoms with E-state index >= 15 is 0 Å². The Balaban J connectivity index is 2.64. The minimum absolute atomic E-state index is 0.0290. The molecule has 1 atom stereocenters. The van der Waals surface area contributed by atoms with Gasteiger partial charge < -0.3 is 10.4 Å². The lowest BCUT2D eigenvalue weighted by Crippen LogP contribution is -2.36. The minimum atomic E-state index is -0.166. The van der Waals surface area contributed by atoms with Crippen LogP contribution < -0.4 is 5.32 Å². The van der Waals surface area contributed by atoms with Crippen molar-refractivity contribution < 1.29 is 9.90 Å². The highest BCUT2D eigenvalue weighted by atomic mass is 79.9. The van der Waals surface area contributed by atoms with Gasteiger partial charge in [0.1, 0.15) is 0 Å². The molecule has 1 rings (SSSR count). The number of aliphatic hydroxyl groups is 1. The Hall–Kier alpha value is -0.870. The van der Waals surface area contributed by atoms with Crippen molar-refractivity contribution in [1.82, 2.24) is 5.32 Å². The normalized spacial score (nSPS) is 12.2. The fourth-order valence-corrected chi connectivity index (χ4v) is 1.41.